The van der Waals surface area contributed by atoms with Crippen LogP contribution in [-0.2, 0) is 0 Å². The van der Waals surface area contributed by atoms with E-state index in [2.05, 4.69) is 59.6 Å². The quantitative estimate of drug-likeness (QED) is 0.675. The first-order chi connectivity index (χ1) is 13.6. The molecule has 1 fully saturated rings. The number of pyridine rings is 1. The molecule has 2 N–H and O–H groups in total. The summed E-state index contributed by atoms with van der Waals surface area (Å²) in [6, 6.07) is 10.0. The molecule has 5 nitrogen and oxygen atoms in total. The molecule has 0 unspecified atom stereocenters. The van der Waals surface area contributed by atoms with Gasteiger partial charge in [-0.15, -0.1) is 0 Å². The molecule has 1 aliphatic carbocycles. The van der Waals surface area contributed by atoms with Crippen LogP contribution in [0, 0.1) is 6.92 Å². The van der Waals surface area contributed by atoms with Gasteiger partial charge in [0.15, 0.2) is 0 Å². The third-order valence-corrected chi connectivity index (χ3v) is 5.56. The van der Waals surface area contributed by atoms with Gasteiger partial charge in [-0.05, 0) is 61.9 Å². The highest BCUT2D eigenvalue weighted by Gasteiger charge is 2.21. The molecule has 0 bridgehead atoms. The van der Waals surface area contributed by atoms with Crippen molar-refractivity contribution in [1.82, 2.24) is 20.3 Å². The normalized spacial score (nSPS) is 19.9. The molecule has 0 atom stereocenters. The second-order valence-electron chi connectivity index (χ2n) is 8.17. The lowest BCUT2D eigenvalue weighted by Crippen LogP contribution is -2.40. The summed E-state index contributed by atoms with van der Waals surface area (Å²) in [6.45, 7) is 6.54. The number of fused-ring (bicyclic) bond motifs is 1. The molecule has 2 aromatic heterocycles. The zero-order valence-corrected chi connectivity index (χ0v) is 16.9. The fourth-order valence-electron chi connectivity index (χ4n) is 4.10. The molecule has 2 heterocycles. The minimum absolute atomic E-state index is 0.458. The molecule has 5 heteroatoms. The van der Waals surface area contributed by atoms with Gasteiger partial charge in [0.25, 0.3) is 0 Å². The van der Waals surface area contributed by atoms with Gasteiger partial charge >= 0.3 is 0 Å². The van der Waals surface area contributed by atoms with Crippen molar-refractivity contribution in [1.29, 1.82) is 0 Å². The molecule has 28 heavy (non-hydrogen) atoms. The second-order valence-corrected chi connectivity index (χ2v) is 8.17. The molecule has 1 aromatic carbocycles. The first-order valence-corrected chi connectivity index (χ1v) is 10.3. The number of anilines is 1. The van der Waals surface area contributed by atoms with Crippen LogP contribution in [0.5, 0.6) is 0 Å². The Bertz CT molecular complexity index is 945. The van der Waals surface area contributed by atoms with Crippen LogP contribution in [0.25, 0.3) is 22.0 Å². The van der Waals surface area contributed by atoms with E-state index in [4.69, 9.17) is 4.98 Å². The minimum Gasteiger partial charge on any atom is -0.351 e. The number of aromatic nitrogens is 3. The minimum atomic E-state index is 0.458. The zero-order valence-electron chi connectivity index (χ0n) is 16.9. The zero-order chi connectivity index (χ0) is 19.5. The topological polar surface area (TPSA) is 62.7 Å². The van der Waals surface area contributed by atoms with E-state index in [-0.39, 0.29) is 0 Å². The standard InChI is InChI=1S/C23H29N5/c1-15(2)26-19-5-7-20(8-6-19)27-23-25-13-18-12-17(4-9-22(18)28-23)21-14-24-11-10-16(21)3/h4,9-15,19-20,26H,5-8H2,1-3H3,(H,25,27,28). The molecular weight excluding hydrogens is 346 g/mol. The van der Waals surface area contributed by atoms with Crippen LogP contribution < -0.4 is 10.6 Å². The number of rotatable bonds is 5. The van der Waals surface area contributed by atoms with E-state index in [1.807, 2.05) is 24.7 Å². The Morgan fingerprint density at radius 1 is 1.00 bits per heavy atom. The van der Waals surface area contributed by atoms with E-state index in [1.165, 1.54) is 18.4 Å². The van der Waals surface area contributed by atoms with Crippen molar-refractivity contribution >= 4 is 16.9 Å². The summed E-state index contributed by atoms with van der Waals surface area (Å²) in [5.41, 5.74) is 4.49. The molecule has 0 spiro atoms. The first-order valence-electron chi connectivity index (χ1n) is 10.3. The van der Waals surface area contributed by atoms with Gasteiger partial charge in [0, 0.05) is 47.7 Å². The van der Waals surface area contributed by atoms with Gasteiger partial charge in [-0.25, -0.2) is 9.97 Å². The highest BCUT2D eigenvalue weighted by Crippen LogP contribution is 2.26. The summed E-state index contributed by atoms with van der Waals surface area (Å²) < 4.78 is 0. The van der Waals surface area contributed by atoms with Crippen molar-refractivity contribution < 1.29 is 0 Å². The van der Waals surface area contributed by atoms with E-state index in [1.54, 1.807) is 0 Å². The number of nitrogens with one attached hydrogen (secondary N) is 2. The average Bonchev–Trinajstić information content (AvgIpc) is 2.69. The number of hydrogen-bond acceptors (Lipinski definition) is 5. The van der Waals surface area contributed by atoms with Crippen molar-refractivity contribution in [2.24, 2.45) is 0 Å². The van der Waals surface area contributed by atoms with Gasteiger partial charge in [-0.3, -0.25) is 4.98 Å². The average molecular weight is 376 g/mol. The molecule has 146 valence electrons. The number of hydrogen-bond donors (Lipinski definition) is 2. The smallest absolute Gasteiger partial charge is 0.223 e. The molecule has 0 amide bonds. The van der Waals surface area contributed by atoms with Crippen LogP contribution in [0.1, 0.15) is 45.1 Å². The van der Waals surface area contributed by atoms with E-state index in [0.29, 0.717) is 18.1 Å². The highest BCUT2D eigenvalue weighted by molar-refractivity contribution is 5.85. The molecule has 1 aliphatic rings. The molecule has 0 aliphatic heterocycles. The van der Waals surface area contributed by atoms with E-state index in [9.17, 15) is 0 Å². The van der Waals surface area contributed by atoms with Crippen LogP contribution >= 0.6 is 0 Å². The van der Waals surface area contributed by atoms with Crippen molar-refractivity contribution in [3.63, 3.8) is 0 Å². The van der Waals surface area contributed by atoms with E-state index < -0.39 is 0 Å². The van der Waals surface area contributed by atoms with Crippen LogP contribution in [0.3, 0.4) is 0 Å². The van der Waals surface area contributed by atoms with Crippen LogP contribution in [-0.4, -0.2) is 33.1 Å². The summed E-state index contributed by atoms with van der Waals surface area (Å²) in [4.78, 5) is 13.6. The van der Waals surface area contributed by atoms with Crippen LogP contribution in [0.4, 0.5) is 5.95 Å². The Hall–Kier alpha value is -2.53. The molecule has 0 saturated heterocycles. The van der Waals surface area contributed by atoms with Gasteiger partial charge < -0.3 is 10.6 Å². The fraction of sp³-hybridized carbons (Fsp3) is 0.435. The maximum atomic E-state index is 4.74. The highest BCUT2D eigenvalue weighted by atomic mass is 15.1. The van der Waals surface area contributed by atoms with Crippen molar-refractivity contribution in [3.8, 4) is 11.1 Å². The number of nitrogens with zero attached hydrogens (tertiary/aromatic N) is 3. The molecule has 0 radical (unpaired) electrons. The predicted molar refractivity (Wildman–Crippen MR) is 115 cm³/mol. The summed E-state index contributed by atoms with van der Waals surface area (Å²) >= 11 is 0. The maximum absolute atomic E-state index is 4.74. The molecular formula is C23H29N5. The Kier molecular flexibility index (Phi) is 5.53. The van der Waals surface area contributed by atoms with Gasteiger partial charge in [-0.2, -0.15) is 0 Å². The Balaban J connectivity index is 1.46. The van der Waals surface area contributed by atoms with E-state index in [0.717, 1.165) is 40.8 Å². The lowest BCUT2D eigenvalue weighted by molar-refractivity contribution is 0.335. The Morgan fingerprint density at radius 2 is 1.79 bits per heavy atom. The van der Waals surface area contributed by atoms with Crippen LogP contribution in [0.2, 0.25) is 0 Å². The van der Waals surface area contributed by atoms with Gasteiger partial charge in [-0.1, -0.05) is 19.9 Å². The third kappa shape index (κ3) is 4.30. The third-order valence-electron chi connectivity index (χ3n) is 5.56. The largest absolute Gasteiger partial charge is 0.351 e. The monoisotopic (exact) mass is 375 g/mol. The van der Waals surface area contributed by atoms with Crippen molar-refractivity contribution in [2.45, 2.75) is 64.6 Å². The van der Waals surface area contributed by atoms with Gasteiger partial charge in [0.2, 0.25) is 5.95 Å². The van der Waals surface area contributed by atoms with Crippen LogP contribution in [0.15, 0.2) is 42.9 Å². The first kappa shape index (κ1) is 18.8. The van der Waals surface area contributed by atoms with Gasteiger partial charge in [0.1, 0.15) is 0 Å². The summed E-state index contributed by atoms with van der Waals surface area (Å²) in [6.07, 6.45) is 10.4. The van der Waals surface area contributed by atoms with Crippen molar-refractivity contribution in [3.05, 3.63) is 48.4 Å². The predicted octanol–water partition coefficient (Wildman–Crippen LogP) is 4.72. The molecule has 1 saturated carbocycles. The number of benzene rings is 1. The SMILES string of the molecule is Cc1ccncc1-c1ccc2nc(NC3CCC(NC(C)C)CC3)ncc2c1. The Morgan fingerprint density at radius 3 is 2.54 bits per heavy atom. The Labute approximate surface area is 167 Å². The molecule has 4 rings (SSSR count). The fourth-order valence-corrected chi connectivity index (χ4v) is 4.10. The second kappa shape index (κ2) is 8.23. The number of aryl methyl sites for hydroxylation is 1. The van der Waals surface area contributed by atoms with Gasteiger partial charge in [0.05, 0.1) is 5.52 Å². The molecule has 3 aromatic rings. The summed E-state index contributed by atoms with van der Waals surface area (Å²) in [5.74, 6) is 0.734. The maximum Gasteiger partial charge on any atom is 0.223 e. The summed E-state index contributed by atoms with van der Waals surface area (Å²) in [5, 5.41) is 8.24. The van der Waals surface area contributed by atoms with E-state index >= 15 is 0 Å². The lowest BCUT2D eigenvalue weighted by atomic mass is 9.91. The lowest BCUT2D eigenvalue weighted by Gasteiger charge is -2.31. The van der Waals surface area contributed by atoms with Crippen molar-refractivity contribution in [2.75, 3.05) is 5.32 Å². The summed E-state index contributed by atoms with van der Waals surface area (Å²) in [7, 11) is 0.